The van der Waals surface area contributed by atoms with Crippen molar-refractivity contribution in [2.45, 2.75) is 45.4 Å². The molecule has 3 heteroatoms. The number of rotatable bonds is 4. The molecule has 126 valence electrons. The summed E-state index contributed by atoms with van der Waals surface area (Å²) >= 11 is 0. The van der Waals surface area contributed by atoms with Gasteiger partial charge in [0.05, 0.1) is 0 Å². The molecule has 1 aromatic rings. The number of hydrogen-bond donors (Lipinski definition) is 1. The van der Waals surface area contributed by atoms with E-state index < -0.39 is 0 Å². The van der Waals surface area contributed by atoms with Gasteiger partial charge in [0.25, 0.3) is 0 Å². The first-order valence-corrected chi connectivity index (χ1v) is 9.24. The SMILES string of the molecule is CCc1ccc(C(C)CC(=O)N2CC[C@@H]3CNC[C@@H]3CC2)cc1. The quantitative estimate of drug-likeness (QED) is 0.925. The van der Waals surface area contributed by atoms with Crippen LogP contribution in [0.3, 0.4) is 0 Å². The molecule has 2 fully saturated rings. The van der Waals surface area contributed by atoms with Gasteiger partial charge in [0, 0.05) is 19.5 Å². The third-order valence-electron chi connectivity index (χ3n) is 5.81. The molecule has 1 unspecified atom stereocenters. The minimum Gasteiger partial charge on any atom is -0.343 e. The van der Waals surface area contributed by atoms with E-state index in [2.05, 4.69) is 48.3 Å². The van der Waals surface area contributed by atoms with Crippen molar-refractivity contribution in [1.82, 2.24) is 10.2 Å². The maximum absolute atomic E-state index is 12.7. The van der Waals surface area contributed by atoms with Crippen LogP contribution in [0.5, 0.6) is 0 Å². The summed E-state index contributed by atoms with van der Waals surface area (Å²) in [7, 11) is 0. The number of fused-ring (bicyclic) bond motifs is 1. The fourth-order valence-electron chi connectivity index (χ4n) is 4.06. The Morgan fingerprint density at radius 2 is 1.78 bits per heavy atom. The van der Waals surface area contributed by atoms with Crippen LogP contribution >= 0.6 is 0 Å². The Hall–Kier alpha value is -1.35. The Morgan fingerprint density at radius 3 is 2.35 bits per heavy atom. The number of likely N-dealkylation sites (tertiary alicyclic amines) is 1. The van der Waals surface area contributed by atoms with E-state index in [9.17, 15) is 4.79 Å². The second-order valence-electron chi connectivity index (χ2n) is 7.34. The summed E-state index contributed by atoms with van der Waals surface area (Å²) in [6, 6.07) is 8.76. The van der Waals surface area contributed by atoms with E-state index >= 15 is 0 Å². The van der Waals surface area contributed by atoms with Crippen molar-refractivity contribution in [3.05, 3.63) is 35.4 Å². The van der Waals surface area contributed by atoms with Crippen molar-refractivity contribution in [3.63, 3.8) is 0 Å². The first kappa shape index (κ1) is 16.5. The largest absolute Gasteiger partial charge is 0.343 e. The average Bonchev–Trinajstić information content (AvgIpc) is 2.93. The van der Waals surface area contributed by atoms with Crippen LogP contribution in [-0.2, 0) is 11.2 Å². The number of nitrogens with zero attached hydrogens (tertiary/aromatic N) is 1. The molecule has 3 atom stereocenters. The topological polar surface area (TPSA) is 32.3 Å². The summed E-state index contributed by atoms with van der Waals surface area (Å²) in [4.78, 5) is 14.8. The van der Waals surface area contributed by atoms with Crippen molar-refractivity contribution in [2.24, 2.45) is 11.8 Å². The van der Waals surface area contributed by atoms with Crippen molar-refractivity contribution in [2.75, 3.05) is 26.2 Å². The predicted octanol–water partition coefficient (Wildman–Crippen LogP) is 3.20. The summed E-state index contributed by atoms with van der Waals surface area (Å²) in [5.41, 5.74) is 2.64. The smallest absolute Gasteiger partial charge is 0.223 e. The number of carbonyl (C=O) groups is 1. The fourth-order valence-corrected chi connectivity index (χ4v) is 4.06. The minimum absolute atomic E-state index is 0.304. The Balaban J connectivity index is 1.55. The van der Waals surface area contributed by atoms with Gasteiger partial charge in [-0.3, -0.25) is 4.79 Å². The summed E-state index contributed by atoms with van der Waals surface area (Å²) in [6.07, 6.45) is 4.05. The molecule has 2 aliphatic heterocycles. The van der Waals surface area contributed by atoms with Gasteiger partial charge in [0.2, 0.25) is 5.91 Å². The first-order chi connectivity index (χ1) is 11.2. The lowest BCUT2D eigenvalue weighted by molar-refractivity contribution is -0.131. The number of amides is 1. The zero-order valence-corrected chi connectivity index (χ0v) is 14.6. The van der Waals surface area contributed by atoms with Gasteiger partial charge in [-0.15, -0.1) is 0 Å². The second kappa shape index (κ2) is 7.48. The lowest BCUT2D eigenvalue weighted by Gasteiger charge is -2.23. The van der Waals surface area contributed by atoms with Crippen molar-refractivity contribution in [3.8, 4) is 0 Å². The molecule has 1 amide bonds. The molecule has 0 spiro atoms. The third-order valence-corrected chi connectivity index (χ3v) is 5.81. The molecule has 0 saturated carbocycles. The normalized spacial score (nSPS) is 25.7. The van der Waals surface area contributed by atoms with Crippen LogP contribution in [0.1, 0.15) is 50.2 Å². The number of nitrogens with one attached hydrogen (secondary N) is 1. The highest BCUT2D eigenvalue weighted by Gasteiger charge is 2.31. The minimum atomic E-state index is 0.304. The predicted molar refractivity (Wildman–Crippen MR) is 94.5 cm³/mol. The van der Waals surface area contributed by atoms with Gasteiger partial charge in [-0.05, 0) is 61.2 Å². The molecule has 2 heterocycles. The van der Waals surface area contributed by atoms with E-state index in [1.54, 1.807) is 0 Å². The molecule has 1 aromatic carbocycles. The van der Waals surface area contributed by atoms with Gasteiger partial charge < -0.3 is 10.2 Å². The summed E-state index contributed by atoms with van der Waals surface area (Å²) in [5, 5.41) is 3.50. The van der Waals surface area contributed by atoms with Crippen LogP contribution in [0, 0.1) is 11.8 Å². The van der Waals surface area contributed by atoms with E-state index in [-0.39, 0.29) is 0 Å². The Bertz CT molecular complexity index is 511. The molecular formula is C20H30N2O. The number of hydrogen-bond acceptors (Lipinski definition) is 2. The average molecular weight is 314 g/mol. The van der Waals surface area contributed by atoms with E-state index in [1.165, 1.54) is 24.0 Å². The molecule has 3 rings (SSSR count). The van der Waals surface area contributed by atoms with Gasteiger partial charge >= 0.3 is 0 Å². The molecular weight excluding hydrogens is 284 g/mol. The number of carbonyl (C=O) groups excluding carboxylic acids is 1. The molecule has 0 radical (unpaired) electrons. The van der Waals surface area contributed by atoms with Crippen LogP contribution in [0.25, 0.3) is 0 Å². The van der Waals surface area contributed by atoms with Gasteiger partial charge in [0.1, 0.15) is 0 Å². The molecule has 0 aromatic heterocycles. The maximum Gasteiger partial charge on any atom is 0.223 e. The molecule has 0 bridgehead atoms. The standard InChI is InChI=1S/C20H30N2O/c1-3-16-4-6-17(7-5-16)15(2)12-20(23)22-10-8-18-13-21-14-19(18)9-11-22/h4-7,15,18-19,21H,3,8-14H2,1-2H3/t15?,18-,19+. The van der Waals surface area contributed by atoms with Crippen LogP contribution in [0.4, 0.5) is 0 Å². The van der Waals surface area contributed by atoms with Crippen LogP contribution < -0.4 is 5.32 Å². The molecule has 2 aliphatic rings. The van der Waals surface area contributed by atoms with Crippen molar-refractivity contribution in [1.29, 1.82) is 0 Å². The van der Waals surface area contributed by atoms with E-state index in [0.29, 0.717) is 18.2 Å². The van der Waals surface area contributed by atoms with Gasteiger partial charge in [0.15, 0.2) is 0 Å². The Morgan fingerprint density at radius 1 is 1.17 bits per heavy atom. The van der Waals surface area contributed by atoms with Crippen LogP contribution in [-0.4, -0.2) is 37.0 Å². The highest BCUT2D eigenvalue weighted by molar-refractivity contribution is 5.77. The molecule has 3 nitrogen and oxygen atoms in total. The highest BCUT2D eigenvalue weighted by atomic mass is 16.2. The van der Waals surface area contributed by atoms with Gasteiger partial charge in [-0.1, -0.05) is 38.1 Å². The van der Waals surface area contributed by atoms with E-state index in [4.69, 9.17) is 0 Å². The Labute approximate surface area is 140 Å². The molecule has 23 heavy (non-hydrogen) atoms. The zero-order chi connectivity index (χ0) is 16.2. The van der Waals surface area contributed by atoms with Crippen LogP contribution in [0.15, 0.2) is 24.3 Å². The zero-order valence-electron chi connectivity index (χ0n) is 14.6. The van der Waals surface area contributed by atoms with Crippen LogP contribution in [0.2, 0.25) is 0 Å². The first-order valence-electron chi connectivity index (χ1n) is 9.24. The highest BCUT2D eigenvalue weighted by Crippen LogP contribution is 2.28. The van der Waals surface area contributed by atoms with Crippen molar-refractivity contribution >= 4 is 5.91 Å². The molecule has 2 saturated heterocycles. The summed E-state index contributed by atoms with van der Waals surface area (Å²) in [6.45, 7) is 8.54. The Kier molecular flexibility index (Phi) is 5.37. The third kappa shape index (κ3) is 3.95. The second-order valence-corrected chi connectivity index (χ2v) is 7.34. The number of benzene rings is 1. The van der Waals surface area contributed by atoms with E-state index in [1.807, 2.05) is 0 Å². The van der Waals surface area contributed by atoms with E-state index in [0.717, 1.165) is 44.4 Å². The summed E-state index contributed by atoms with van der Waals surface area (Å²) < 4.78 is 0. The summed E-state index contributed by atoms with van der Waals surface area (Å²) in [5.74, 6) is 2.21. The fraction of sp³-hybridized carbons (Fsp3) is 0.650. The van der Waals surface area contributed by atoms with Crippen molar-refractivity contribution < 1.29 is 4.79 Å². The van der Waals surface area contributed by atoms with Gasteiger partial charge in [-0.2, -0.15) is 0 Å². The monoisotopic (exact) mass is 314 g/mol. The molecule has 0 aliphatic carbocycles. The lowest BCUT2D eigenvalue weighted by atomic mass is 9.92. The number of aryl methyl sites for hydroxylation is 1. The maximum atomic E-state index is 12.7. The molecule has 1 N–H and O–H groups in total. The lowest BCUT2D eigenvalue weighted by Crippen LogP contribution is -2.33. The van der Waals surface area contributed by atoms with Gasteiger partial charge in [-0.25, -0.2) is 0 Å².